The van der Waals surface area contributed by atoms with E-state index in [1.54, 1.807) is 0 Å². The number of carboxylic acids is 1. The summed E-state index contributed by atoms with van der Waals surface area (Å²) in [6.45, 7) is 9.85. The van der Waals surface area contributed by atoms with Crippen LogP contribution in [0.2, 0.25) is 0 Å². The summed E-state index contributed by atoms with van der Waals surface area (Å²) in [6.07, 6.45) is 5.96. The number of carbonyl (C=O) groups is 1. The first-order chi connectivity index (χ1) is 15.4. The quantitative estimate of drug-likeness (QED) is 0.288. The van der Waals surface area contributed by atoms with Gasteiger partial charge in [-0.15, -0.1) is 10.9 Å². The molecule has 0 amide bonds. The standard InChI is InChI=1S/C26H30N2O3S/c1-4-5-19-6-11-23-24(16-27(17-26(29)30)25(23)14-19)20-12-13-28(15-20)32-22-9-7-21(8-10-22)31-18(2)3/h4,6-11,14,16,18,20H,1,5,12-13,15,17H2,2-3H3,(H,29,30)/p+1. The van der Waals surface area contributed by atoms with Crippen LogP contribution in [0.15, 0.2) is 66.2 Å². The Kier molecular flexibility index (Phi) is 6.92. The molecule has 168 valence electrons. The van der Waals surface area contributed by atoms with Gasteiger partial charge in [0.15, 0.2) is 4.90 Å². The van der Waals surface area contributed by atoms with E-state index in [0.717, 1.165) is 48.1 Å². The maximum absolute atomic E-state index is 11.4. The van der Waals surface area contributed by atoms with Gasteiger partial charge in [0.1, 0.15) is 12.3 Å². The average molecular weight is 452 g/mol. The van der Waals surface area contributed by atoms with Gasteiger partial charge >= 0.3 is 5.97 Å². The van der Waals surface area contributed by atoms with Crippen molar-refractivity contribution in [2.45, 2.75) is 50.2 Å². The number of carboxylic acid groups (broad SMARTS) is 1. The molecular formula is C26H31N2O3S+. The van der Waals surface area contributed by atoms with Gasteiger partial charge in [-0.05, 0) is 68.1 Å². The fraction of sp³-hybridized carbons (Fsp3) is 0.346. The molecule has 1 aliphatic rings. The lowest BCUT2D eigenvalue weighted by Gasteiger charge is -2.10. The second kappa shape index (κ2) is 9.84. The minimum atomic E-state index is -0.820. The summed E-state index contributed by atoms with van der Waals surface area (Å²) >= 11 is 1.20. The predicted octanol–water partition coefficient (Wildman–Crippen LogP) is 4.82. The van der Waals surface area contributed by atoms with Crippen molar-refractivity contribution in [1.29, 1.82) is 0 Å². The third-order valence-corrected chi connectivity index (χ3v) is 6.91. The van der Waals surface area contributed by atoms with Gasteiger partial charge in [0.2, 0.25) is 0 Å². The van der Waals surface area contributed by atoms with Crippen molar-refractivity contribution in [3.63, 3.8) is 0 Å². The highest BCUT2D eigenvalue weighted by Crippen LogP contribution is 2.35. The van der Waals surface area contributed by atoms with Crippen LogP contribution in [0, 0.1) is 0 Å². The van der Waals surface area contributed by atoms with Crippen LogP contribution in [0.1, 0.15) is 37.3 Å². The summed E-state index contributed by atoms with van der Waals surface area (Å²) in [5, 5.41) is 10.6. The molecule has 2 aromatic carbocycles. The molecule has 4 rings (SSSR count). The van der Waals surface area contributed by atoms with E-state index in [1.807, 2.05) is 36.6 Å². The topological polar surface area (TPSA) is 54.7 Å². The first-order valence-electron chi connectivity index (χ1n) is 11.1. The lowest BCUT2D eigenvalue weighted by atomic mass is 9.97. The normalized spacial score (nSPS) is 16.7. The van der Waals surface area contributed by atoms with Crippen molar-refractivity contribution in [3.8, 4) is 5.75 Å². The number of ether oxygens (including phenoxy) is 1. The number of thiol groups is 1. The molecule has 1 N–H and O–H groups in total. The molecule has 2 heterocycles. The molecule has 0 spiro atoms. The molecule has 5 nitrogen and oxygen atoms in total. The zero-order chi connectivity index (χ0) is 22.7. The van der Waals surface area contributed by atoms with E-state index in [4.69, 9.17) is 4.74 Å². The Morgan fingerprint density at radius 3 is 2.75 bits per heavy atom. The van der Waals surface area contributed by atoms with Crippen LogP contribution >= 0.6 is 0 Å². The van der Waals surface area contributed by atoms with Gasteiger partial charge in [0.25, 0.3) is 0 Å². The third kappa shape index (κ3) is 5.19. The summed E-state index contributed by atoms with van der Waals surface area (Å²) in [6, 6.07) is 14.7. The van der Waals surface area contributed by atoms with Crippen molar-refractivity contribution in [2.24, 2.45) is 0 Å². The number of rotatable bonds is 9. The Balaban J connectivity index is 1.51. The van der Waals surface area contributed by atoms with Crippen molar-refractivity contribution in [3.05, 3.63) is 72.4 Å². The Morgan fingerprint density at radius 2 is 2.06 bits per heavy atom. The lowest BCUT2D eigenvalue weighted by Crippen LogP contribution is -2.18. The summed E-state index contributed by atoms with van der Waals surface area (Å²) in [5.74, 6) is 0.480. The molecule has 1 atom stereocenters. The highest BCUT2D eigenvalue weighted by atomic mass is 32.2. The maximum atomic E-state index is 11.4. The molecule has 32 heavy (non-hydrogen) atoms. The van der Waals surface area contributed by atoms with Crippen LogP contribution in [0.4, 0.5) is 0 Å². The average Bonchev–Trinajstić information content (AvgIpc) is 3.34. The number of allylic oxidation sites excluding steroid dienone is 1. The molecule has 0 radical (unpaired) electrons. The molecule has 0 aliphatic carbocycles. The van der Waals surface area contributed by atoms with Gasteiger partial charge < -0.3 is 14.4 Å². The van der Waals surface area contributed by atoms with E-state index in [1.165, 1.54) is 22.4 Å². The Hall–Kier alpha value is -2.70. The Morgan fingerprint density at radius 1 is 1.28 bits per heavy atom. The van der Waals surface area contributed by atoms with Crippen molar-refractivity contribution in [2.75, 3.05) is 13.1 Å². The van der Waals surface area contributed by atoms with Crippen LogP contribution in [0.5, 0.6) is 5.75 Å². The molecule has 3 aromatic rings. The van der Waals surface area contributed by atoms with Crippen LogP contribution in [0.3, 0.4) is 0 Å². The van der Waals surface area contributed by atoms with E-state index in [0.29, 0.717) is 5.92 Å². The van der Waals surface area contributed by atoms with Crippen LogP contribution in [-0.4, -0.2) is 39.1 Å². The first-order valence-corrected chi connectivity index (χ1v) is 12.0. The summed E-state index contributed by atoms with van der Waals surface area (Å²) in [4.78, 5) is 12.7. The van der Waals surface area contributed by atoms with E-state index in [2.05, 4.69) is 47.4 Å². The third-order valence-electron chi connectivity index (χ3n) is 5.74. The minimum Gasteiger partial charge on any atom is -0.491 e. The molecule has 1 fully saturated rings. The maximum Gasteiger partial charge on any atom is 0.323 e. The van der Waals surface area contributed by atoms with Gasteiger partial charge in [-0.2, -0.15) is 0 Å². The number of hydrogen-bond acceptors (Lipinski definition) is 3. The molecule has 1 unspecified atom stereocenters. The fourth-order valence-corrected chi connectivity index (χ4v) is 5.48. The number of benzene rings is 2. The largest absolute Gasteiger partial charge is 0.491 e. The van der Waals surface area contributed by atoms with Crippen molar-refractivity contribution in [1.82, 2.24) is 8.87 Å². The summed E-state index contributed by atoms with van der Waals surface area (Å²) in [5.41, 5.74) is 3.41. The molecular weight excluding hydrogens is 420 g/mol. The van der Waals surface area contributed by atoms with Gasteiger partial charge in [-0.1, -0.05) is 18.2 Å². The first kappa shape index (κ1) is 22.5. The van der Waals surface area contributed by atoms with Crippen molar-refractivity contribution >= 4 is 28.8 Å². The van der Waals surface area contributed by atoms with Crippen LogP contribution in [0.25, 0.3) is 10.9 Å². The van der Waals surface area contributed by atoms with Gasteiger partial charge in [-0.3, -0.25) is 4.79 Å². The minimum absolute atomic E-state index is 0.0203. The van der Waals surface area contributed by atoms with Crippen LogP contribution < -0.4 is 4.74 Å². The number of hydrogen-bond donors (Lipinski definition) is 1. The molecule has 1 saturated heterocycles. The summed E-state index contributed by atoms with van der Waals surface area (Å²) < 4.78 is 10.1. The van der Waals surface area contributed by atoms with Crippen LogP contribution in [-0.2, 0) is 29.7 Å². The SMILES string of the molecule is C=CCc1ccc2c(C3CCN([SH+]c4ccc(OC(C)C)cc4)C3)cn(CC(=O)O)c2c1. The monoisotopic (exact) mass is 451 g/mol. The van der Waals surface area contributed by atoms with Crippen molar-refractivity contribution < 1.29 is 14.6 Å². The molecule has 1 aliphatic heterocycles. The number of nitrogens with zero attached hydrogens (tertiary/aromatic N) is 2. The zero-order valence-electron chi connectivity index (χ0n) is 18.7. The molecule has 0 bridgehead atoms. The number of aromatic nitrogens is 1. The highest BCUT2D eigenvalue weighted by molar-refractivity contribution is 7.76. The van der Waals surface area contributed by atoms with E-state index >= 15 is 0 Å². The van der Waals surface area contributed by atoms with E-state index < -0.39 is 5.97 Å². The zero-order valence-corrected chi connectivity index (χ0v) is 19.6. The Bertz CT molecular complexity index is 1100. The fourth-order valence-electron chi connectivity index (χ4n) is 4.37. The molecule has 6 heteroatoms. The van der Waals surface area contributed by atoms with Gasteiger partial charge in [0.05, 0.1) is 24.6 Å². The summed E-state index contributed by atoms with van der Waals surface area (Å²) in [7, 11) is 0. The van der Waals surface area contributed by atoms with E-state index in [-0.39, 0.29) is 12.6 Å². The second-order valence-electron chi connectivity index (χ2n) is 8.61. The number of aliphatic carboxylic acids is 1. The molecule has 1 aromatic heterocycles. The Labute approximate surface area is 193 Å². The van der Waals surface area contributed by atoms with E-state index in [9.17, 15) is 9.90 Å². The van der Waals surface area contributed by atoms with Gasteiger partial charge in [0, 0.05) is 29.6 Å². The lowest BCUT2D eigenvalue weighted by molar-refractivity contribution is -0.137. The molecule has 0 saturated carbocycles. The number of fused-ring (bicyclic) bond motifs is 1. The van der Waals surface area contributed by atoms with Gasteiger partial charge in [-0.25, -0.2) is 0 Å². The predicted molar refractivity (Wildman–Crippen MR) is 132 cm³/mol. The smallest absolute Gasteiger partial charge is 0.323 e. The second-order valence-corrected chi connectivity index (χ2v) is 9.89. The highest BCUT2D eigenvalue weighted by Gasteiger charge is 2.31.